The van der Waals surface area contributed by atoms with Crippen molar-refractivity contribution in [1.82, 2.24) is 10.4 Å². The fourth-order valence-electron chi connectivity index (χ4n) is 1.56. The van der Waals surface area contributed by atoms with Gasteiger partial charge in [0.25, 0.3) is 0 Å². The number of aromatic nitrogens is 1. The number of nitrogens with one attached hydrogen (secondary N) is 1. The van der Waals surface area contributed by atoms with Crippen LogP contribution in [0.1, 0.15) is 38.3 Å². The number of methoxy groups -OCH3 is 1. The lowest BCUT2D eigenvalue weighted by molar-refractivity contribution is 0.0116. The van der Waals surface area contributed by atoms with Gasteiger partial charge in [-0.15, -0.1) is 0 Å². The first-order valence-electron chi connectivity index (χ1n) is 5.60. The van der Waals surface area contributed by atoms with Crippen LogP contribution >= 0.6 is 0 Å². The van der Waals surface area contributed by atoms with Crippen molar-refractivity contribution >= 4 is 0 Å². The molecule has 0 spiro atoms. The molecule has 5 heteroatoms. The predicted molar refractivity (Wildman–Crippen MR) is 64.6 cm³/mol. The minimum atomic E-state index is -0.353. The van der Waals surface area contributed by atoms with Gasteiger partial charge in [0.15, 0.2) is 0 Å². The van der Waals surface area contributed by atoms with Gasteiger partial charge in [0.2, 0.25) is 0 Å². The molecule has 0 amide bonds. The van der Waals surface area contributed by atoms with Crippen molar-refractivity contribution in [2.75, 3.05) is 7.11 Å². The summed E-state index contributed by atoms with van der Waals surface area (Å²) >= 11 is 0. The number of nitrogens with zero attached hydrogens (tertiary/aromatic N) is 1. The molecule has 1 heterocycles. The highest BCUT2D eigenvalue weighted by molar-refractivity contribution is 5.14. The molecule has 1 aromatic heterocycles. The maximum Gasteiger partial charge on any atom is 0.141 e. The van der Waals surface area contributed by atoms with E-state index in [4.69, 9.17) is 10.6 Å². The average molecular weight is 241 g/mol. The normalized spacial score (nSPS) is 13.7. The Hall–Kier alpha value is -1.04. The number of hydrogen-bond acceptors (Lipinski definition) is 4. The fraction of sp³-hybridized carbons (Fsp3) is 0.583. The second kappa shape index (κ2) is 6.05. The molecule has 3 N–H and O–H groups in total. The molecule has 1 atom stereocenters. The Labute approximate surface area is 101 Å². The Morgan fingerprint density at radius 3 is 2.76 bits per heavy atom. The number of rotatable bonds is 6. The molecular formula is C12H20FN3O. The average Bonchev–Trinajstić information content (AvgIpc) is 2.30. The quantitative estimate of drug-likeness (QED) is 0.590. The Balaban J connectivity index is 2.66. The van der Waals surface area contributed by atoms with Crippen LogP contribution < -0.4 is 11.3 Å². The molecule has 1 aromatic rings. The number of ether oxygens (including phenoxy) is 1. The summed E-state index contributed by atoms with van der Waals surface area (Å²) in [5.74, 6) is 5.13. The number of hydrogen-bond donors (Lipinski definition) is 2. The van der Waals surface area contributed by atoms with Crippen molar-refractivity contribution in [3.8, 4) is 0 Å². The van der Waals surface area contributed by atoms with Crippen LogP contribution in [-0.4, -0.2) is 17.7 Å². The van der Waals surface area contributed by atoms with E-state index in [1.165, 1.54) is 12.3 Å². The number of nitrogens with two attached hydrogens (primary N) is 1. The minimum Gasteiger partial charge on any atom is -0.379 e. The lowest BCUT2D eigenvalue weighted by atomic mass is 9.96. The van der Waals surface area contributed by atoms with E-state index in [0.29, 0.717) is 0 Å². The summed E-state index contributed by atoms with van der Waals surface area (Å²) in [7, 11) is 1.68. The van der Waals surface area contributed by atoms with Crippen LogP contribution in [0.2, 0.25) is 0 Å². The van der Waals surface area contributed by atoms with Crippen LogP contribution in [-0.2, 0) is 4.74 Å². The molecule has 0 radical (unpaired) electrons. The molecule has 96 valence electrons. The largest absolute Gasteiger partial charge is 0.379 e. The van der Waals surface area contributed by atoms with E-state index in [9.17, 15) is 4.39 Å². The highest BCUT2D eigenvalue weighted by Gasteiger charge is 2.20. The zero-order valence-electron chi connectivity index (χ0n) is 10.5. The SMILES string of the molecule is COC(C)(C)CCC(NN)c1cncc(F)c1. The molecule has 0 bridgehead atoms. The summed E-state index contributed by atoms with van der Waals surface area (Å²) in [5.41, 5.74) is 3.22. The Morgan fingerprint density at radius 1 is 1.53 bits per heavy atom. The van der Waals surface area contributed by atoms with Crippen LogP contribution in [0.4, 0.5) is 4.39 Å². The van der Waals surface area contributed by atoms with E-state index < -0.39 is 0 Å². The van der Waals surface area contributed by atoms with Gasteiger partial charge in [0.05, 0.1) is 11.8 Å². The van der Waals surface area contributed by atoms with Crippen molar-refractivity contribution in [2.24, 2.45) is 5.84 Å². The second-order valence-corrected chi connectivity index (χ2v) is 4.66. The highest BCUT2D eigenvalue weighted by Crippen LogP contribution is 2.23. The van der Waals surface area contributed by atoms with Crippen molar-refractivity contribution in [2.45, 2.75) is 38.3 Å². The molecule has 0 aliphatic carbocycles. The van der Waals surface area contributed by atoms with E-state index in [2.05, 4.69) is 10.4 Å². The summed E-state index contributed by atoms with van der Waals surface area (Å²) in [6.45, 7) is 4.01. The molecule has 1 unspecified atom stereocenters. The molecular weight excluding hydrogens is 221 g/mol. The van der Waals surface area contributed by atoms with E-state index >= 15 is 0 Å². The first-order chi connectivity index (χ1) is 7.98. The maximum atomic E-state index is 13.0. The zero-order chi connectivity index (χ0) is 12.9. The van der Waals surface area contributed by atoms with Gasteiger partial charge in [0, 0.05) is 19.3 Å². The van der Waals surface area contributed by atoms with Gasteiger partial charge >= 0.3 is 0 Å². The van der Waals surface area contributed by atoms with E-state index in [1.807, 2.05) is 13.8 Å². The molecule has 0 aliphatic rings. The zero-order valence-corrected chi connectivity index (χ0v) is 10.5. The topological polar surface area (TPSA) is 60.2 Å². The summed E-state index contributed by atoms with van der Waals surface area (Å²) in [6, 6.07) is 1.32. The predicted octanol–water partition coefficient (Wildman–Crippen LogP) is 1.93. The van der Waals surface area contributed by atoms with Crippen LogP contribution in [0.15, 0.2) is 18.5 Å². The van der Waals surface area contributed by atoms with Crippen LogP contribution in [0, 0.1) is 5.82 Å². The summed E-state index contributed by atoms with van der Waals surface area (Å²) in [5, 5.41) is 0. The van der Waals surface area contributed by atoms with Gasteiger partial charge in [-0.25, -0.2) is 4.39 Å². The van der Waals surface area contributed by atoms with Crippen LogP contribution in [0.5, 0.6) is 0 Å². The fourth-order valence-corrected chi connectivity index (χ4v) is 1.56. The maximum absolute atomic E-state index is 13.0. The van der Waals surface area contributed by atoms with E-state index in [-0.39, 0.29) is 17.5 Å². The molecule has 0 saturated heterocycles. The first-order valence-corrected chi connectivity index (χ1v) is 5.60. The number of pyridine rings is 1. The minimum absolute atomic E-state index is 0.118. The third-order valence-corrected chi connectivity index (χ3v) is 2.92. The smallest absolute Gasteiger partial charge is 0.141 e. The van der Waals surface area contributed by atoms with Gasteiger partial charge in [-0.05, 0) is 38.3 Å². The van der Waals surface area contributed by atoms with Gasteiger partial charge in [-0.2, -0.15) is 0 Å². The van der Waals surface area contributed by atoms with Gasteiger partial charge in [-0.1, -0.05) is 0 Å². The van der Waals surface area contributed by atoms with Gasteiger partial charge in [-0.3, -0.25) is 16.3 Å². The van der Waals surface area contributed by atoms with Crippen molar-refractivity contribution in [3.05, 3.63) is 29.8 Å². The Morgan fingerprint density at radius 2 is 2.24 bits per heavy atom. The van der Waals surface area contributed by atoms with Gasteiger partial charge < -0.3 is 4.74 Å². The molecule has 1 rings (SSSR count). The third kappa shape index (κ3) is 4.38. The van der Waals surface area contributed by atoms with Crippen LogP contribution in [0.3, 0.4) is 0 Å². The molecule has 17 heavy (non-hydrogen) atoms. The Kier molecular flexibility index (Phi) is 4.99. The van der Waals surface area contributed by atoms with Crippen LogP contribution in [0.25, 0.3) is 0 Å². The first kappa shape index (κ1) is 14.0. The van der Waals surface area contributed by atoms with E-state index in [0.717, 1.165) is 18.4 Å². The third-order valence-electron chi connectivity index (χ3n) is 2.92. The molecule has 0 aromatic carbocycles. The monoisotopic (exact) mass is 241 g/mol. The summed E-state index contributed by atoms with van der Waals surface area (Å²) < 4.78 is 18.4. The summed E-state index contributed by atoms with van der Waals surface area (Å²) in [6.07, 6.45) is 4.36. The molecule has 0 saturated carbocycles. The van der Waals surface area contributed by atoms with Gasteiger partial charge in [0.1, 0.15) is 5.82 Å². The highest BCUT2D eigenvalue weighted by atomic mass is 19.1. The number of halogens is 1. The summed E-state index contributed by atoms with van der Waals surface area (Å²) in [4.78, 5) is 3.82. The lowest BCUT2D eigenvalue weighted by Gasteiger charge is -2.25. The second-order valence-electron chi connectivity index (χ2n) is 4.66. The Bertz CT molecular complexity index is 357. The van der Waals surface area contributed by atoms with Crippen molar-refractivity contribution in [1.29, 1.82) is 0 Å². The standard InChI is InChI=1S/C12H20FN3O/c1-12(2,17-3)5-4-11(16-14)9-6-10(13)8-15-7-9/h6-8,11,16H,4-5,14H2,1-3H3. The molecule has 0 aliphatic heterocycles. The van der Waals surface area contributed by atoms with Crippen molar-refractivity contribution < 1.29 is 9.13 Å². The lowest BCUT2D eigenvalue weighted by Crippen LogP contribution is -2.31. The number of hydrazine groups is 1. The van der Waals surface area contributed by atoms with E-state index in [1.54, 1.807) is 13.3 Å². The van der Waals surface area contributed by atoms with Crippen molar-refractivity contribution in [3.63, 3.8) is 0 Å². The molecule has 4 nitrogen and oxygen atoms in total. The molecule has 0 fully saturated rings.